The SMILES string of the molecule is CCC(C)c1ccc(N2CCC(=O)NC2=O)cc1Cl. The highest BCUT2D eigenvalue weighted by atomic mass is 35.5. The van der Waals surface area contributed by atoms with Gasteiger partial charge in [0.2, 0.25) is 5.91 Å². The molecule has 2 rings (SSSR count). The van der Waals surface area contributed by atoms with E-state index in [0.29, 0.717) is 23.9 Å². The summed E-state index contributed by atoms with van der Waals surface area (Å²) in [6.07, 6.45) is 1.33. The number of imide groups is 1. The molecule has 102 valence electrons. The number of nitrogens with zero attached hydrogens (tertiary/aromatic N) is 1. The van der Waals surface area contributed by atoms with Crippen molar-refractivity contribution in [1.29, 1.82) is 0 Å². The van der Waals surface area contributed by atoms with Gasteiger partial charge in [-0.1, -0.05) is 31.5 Å². The third-order valence-electron chi connectivity index (χ3n) is 3.49. The minimum absolute atomic E-state index is 0.233. The first-order valence-corrected chi connectivity index (χ1v) is 6.81. The summed E-state index contributed by atoms with van der Waals surface area (Å²) in [4.78, 5) is 24.4. The number of benzene rings is 1. The average Bonchev–Trinajstić information content (AvgIpc) is 2.37. The molecule has 1 aliphatic rings. The van der Waals surface area contributed by atoms with E-state index in [1.165, 1.54) is 4.90 Å². The monoisotopic (exact) mass is 280 g/mol. The highest BCUT2D eigenvalue weighted by Crippen LogP contribution is 2.30. The standard InChI is InChI=1S/C14H17ClN2O2/c1-3-9(2)11-5-4-10(8-12(11)15)17-7-6-13(18)16-14(17)19/h4-5,8-9H,3,6-7H2,1-2H3,(H,16,18,19). The fourth-order valence-corrected chi connectivity index (χ4v) is 2.48. The lowest BCUT2D eigenvalue weighted by Gasteiger charge is -2.27. The molecule has 1 fully saturated rings. The van der Waals surface area contributed by atoms with Crippen LogP contribution in [0.25, 0.3) is 0 Å². The Morgan fingerprint density at radius 2 is 2.16 bits per heavy atom. The van der Waals surface area contributed by atoms with Crippen molar-refractivity contribution in [1.82, 2.24) is 5.32 Å². The molecule has 0 saturated carbocycles. The molecular weight excluding hydrogens is 264 g/mol. The van der Waals surface area contributed by atoms with E-state index in [4.69, 9.17) is 11.6 Å². The van der Waals surface area contributed by atoms with Crippen molar-refractivity contribution >= 4 is 29.2 Å². The van der Waals surface area contributed by atoms with Gasteiger partial charge in [0.05, 0.1) is 0 Å². The molecule has 3 amide bonds. The Kier molecular flexibility index (Phi) is 4.10. The first kappa shape index (κ1) is 13.9. The van der Waals surface area contributed by atoms with Crippen LogP contribution in [-0.4, -0.2) is 18.5 Å². The number of rotatable bonds is 3. The summed E-state index contributed by atoms with van der Waals surface area (Å²) in [5.41, 5.74) is 1.81. The molecule has 1 N–H and O–H groups in total. The van der Waals surface area contributed by atoms with Crippen LogP contribution in [0, 0.1) is 0 Å². The highest BCUT2D eigenvalue weighted by Gasteiger charge is 2.24. The Morgan fingerprint density at radius 3 is 2.74 bits per heavy atom. The van der Waals surface area contributed by atoms with Crippen LogP contribution in [0.3, 0.4) is 0 Å². The van der Waals surface area contributed by atoms with Crippen molar-refractivity contribution in [3.8, 4) is 0 Å². The van der Waals surface area contributed by atoms with E-state index in [1.54, 1.807) is 6.07 Å². The molecule has 0 radical (unpaired) electrons. The molecule has 0 spiro atoms. The smallest absolute Gasteiger partial charge is 0.294 e. The van der Waals surface area contributed by atoms with E-state index in [1.807, 2.05) is 12.1 Å². The zero-order chi connectivity index (χ0) is 14.0. The minimum atomic E-state index is -0.386. The van der Waals surface area contributed by atoms with Gasteiger partial charge in [-0.25, -0.2) is 4.79 Å². The zero-order valence-electron chi connectivity index (χ0n) is 11.1. The summed E-state index contributed by atoms with van der Waals surface area (Å²) in [6, 6.07) is 5.24. The second kappa shape index (κ2) is 5.61. The van der Waals surface area contributed by atoms with Gasteiger partial charge in [-0.05, 0) is 30.0 Å². The molecule has 0 aromatic heterocycles. The summed E-state index contributed by atoms with van der Waals surface area (Å²) in [7, 11) is 0. The number of halogens is 1. The summed E-state index contributed by atoms with van der Waals surface area (Å²) >= 11 is 6.27. The van der Waals surface area contributed by atoms with Gasteiger partial charge >= 0.3 is 6.03 Å². The van der Waals surface area contributed by atoms with Gasteiger partial charge in [0.25, 0.3) is 0 Å². The van der Waals surface area contributed by atoms with Gasteiger partial charge in [-0.3, -0.25) is 15.0 Å². The van der Waals surface area contributed by atoms with E-state index < -0.39 is 0 Å². The Balaban J connectivity index is 2.25. The molecule has 19 heavy (non-hydrogen) atoms. The van der Waals surface area contributed by atoms with Crippen LogP contribution < -0.4 is 10.2 Å². The van der Waals surface area contributed by atoms with Gasteiger partial charge in [-0.15, -0.1) is 0 Å². The normalized spacial score (nSPS) is 17.3. The molecule has 1 aromatic rings. The third kappa shape index (κ3) is 2.89. The van der Waals surface area contributed by atoms with Crippen LogP contribution in [0.5, 0.6) is 0 Å². The number of hydrogen-bond acceptors (Lipinski definition) is 2. The summed E-state index contributed by atoms with van der Waals surface area (Å²) in [5.74, 6) is 0.155. The van der Waals surface area contributed by atoms with E-state index in [-0.39, 0.29) is 11.9 Å². The van der Waals surface area contributed by atoms with Crippen molar-refractivity contribution in [2.45, 2.75) is 32.6 Å². The molecule has 1 heterocycles. The quantitative estimate of drug-likeness (QED) is 0.923. The summed E-state index contributed by atoms with van der Waals surface area (Å²) in [6.45, 7) is 4.62. The number of carbonyl (C=O) groups excluding carboxylic acids is 2. The predicted octanol–water partition coefficient (Wildman–Crippen LogP) is 3.30. The molecule has 1 aromatic carbocycles. The second-order valence-corrected chi connectivity index (χ2v) is 5.18. The largest absolute Gasteiger partial charge is 0.328 e. The van der Waals surface area contributed by atoms with E-state index in [0.717, 1.165) is 17.7 Å². The van der Waals surface area contributed by atoms with Crippen LogP contribution in [0.15, 0.2) is 18.2 Å². The molecule has 0 bridgehead atoms. The van der Waals surface area contributed by atoms with E-state index in [9.17, 15) is 9.59 Å². The fraction of sp³-hybridized carbons (Fsp3) is 0.429. The summed E-state index contributed by atoms with van der Waals surface area (Å²) < 4.78 is 0. The van der Waals surface area contributed by atoms with E-state index in [2.05, 4.69) is 19.2 Å². The fourth-order valence-electron chi connectivity index (χ4n) is 2.11. The lowest BCUT2D eigenvalue weighted by atomic mass is 9.98. The zero-order valence-corrected chi connectivity index (χ0v) is 11.8. The maximum Gasteiger partial charge on any atom is 0.328 e. The number of carbonyl (C=O) groups is 2. The third-order valence-corrected chi connectivity index (χ3v) is 3.82. The lowest BCUT2D eigenvalue weighted by Crippen LogP contribution is -2.49. The average molecular weight is 281 g/mol. The molecule has 1 unspecified atom stereocenters. The maximum absolute atomic E-state index is 11.7. The predicted molar refractivity (Wildman–Crippen MR) is 75.7 cm³/mol. The Bertz CT molecular complexity index is 516. The van der Waals surface area contributed by atoms with Crippen LogP contribution in [0.1, 0.15) is 38.2 Å². The molecule has 1 aliphatic heterocycles. The van der Waals surface area contributed by atoms with Crippen molar-refractivity contribution in [2.24, 2.45) is 0 Å². The molecule has 4 nitrogen and oxygen atoms in total. The van der Waals surface area contributed by atoms with Crippen molar-refractivity contribution in [3.05, 3.63) is 28.8 Å². The minimum Gasteiger partial charge on any atom is -0.294 e. The Labute approximate surface area is 117 Å². The first-order valence-electron chi connectivity index (χ1n) is 6.43. The Morgan fingerprint density at radius 1 is 1.42 bits per heavy atom. The number of hydrogen-bond donors (Lipinski definition) is 1. The molecule has 5 heteroatoms. The maximum atomic E-state index is 11.7. The first-order chi connectivity index (χ1) is 9.02. The lowest BCUT2D eigenvalue weighted by molar-refractivity contribution is -0.120. The van der Waals surface area contributed by atoms with Crippen LogP contribution in [-0.2, 0) is 4.79 Å². The van der Waals surface area contributed by atoms with Crippen LogP contribution in [0.2, 0.25) is 5.02 Å². The Hall–Kier alpha value is -1.55. The molecule has 0 aliphatic carbocycles. The number of anilines is 1. The van der Waals surface area contributed by atoms with Crippen LogP contribution in [0.4, 0.5) is 10.5 Å². The number of amides is 3. The molecule has 1 saturated heterocycles. The highest BCUT2D eigenvalue weighted by molar-refractivity contribution is 6.31. The van der Waals surface area contributed by atoms with Gasteiger partial charge in [0, 0.05) is 23.7 Å². The molecule has 1 atom stereocenters. The van der Waals surface area contributed by atoms with E-state index >= 15 is 0 Å². The van der Waals surface area contributed by atoms with Crippen molar-refractivity contribution in [2.75, 3.05) is 11.4 Å². The topological polar surface area (TPSA) is 49.4 Å². The summed E-state index contributed by atoms with van der Waals surface area (Å²) in [5, 5.41) is 2.96. The van der Waals surface area contributed by atoms with Crippen molar-refractivity contribution < 1.29 is 9.59 Å². The molecular formula is C14H17ClN2O2. The second-order valence-electron chi connectivity index (χ2n) is 4.77. The number of urea groups is 1. The van der Waals surface area contributed by atoms with Gasteiger partial charge < -0.3 is 0 Å². The number of nitrogens with one attached hydrogen (secondary N) is 1. The van der Waals surface area contributed by atoms with Gasteiger partial charge in [0.1, 0.15) is 0 Å². The van der Waals surface area contributed by atoms with Crippen LogP contribution >= 0.6 is 11.6 Å². The van der Waals surface area contributed by atoms with Gasteiger partial charge in [0.15, 0.2) is 0 Å². The van der Waals surface area contributed by atoms with Crippen molar-refractivity contribution in [3.63, 3.8) is 0 Å². The van der Waals surface area contributed by atoms with Gasteiger partial charge in [-0.2, -0.15) is 0 Å².